The molecule has 0 fully saturated rings. The van der Waals surface area contributed by atoms with Crippen molar-refractivity contribution < 1.29 is 12.8 Å². The lowest BCUT2D eigenvalue weighted by Crippen LogP contribution is -2.14. The van der Waals surface area contributed by atoms with Crippen LogP contribution in [-0.4, -0.2) is 27.0 Å². The molecule has 1 aromatic heterocycles. The molecule has 0 unspecified atom stereocenters. The van der Waals surface area contributed by atoms with Crippen molar-refractivity contribution in [3.63, 3.8) is 0 Å². The lowest BCUT2D eigenvalue weighted by atomic mass is 10.3. The molecule has 0 saturated carbocycles. The van der Waals surface area contributed by atoms with E-state index in [1.165, 1.54) is 12.5 Å². The summed E-state index contributed by atoms with van der Waals surface area (Å²) in [6, 6.07) is 2.99. The second kappa shape index (κ2) is 7.05. The third-order valence-electron chi connectivity index (χ3n) is 2.17. The molecule has 0 aliphatic carbocycles. The number of unbranched alkanes of at least 4 members (excludes halogenated alkanes) is 1. The van der Waals surface area contributed by atoms with Gasteiger partial charge in [0.05, 0.1) is 6.54 Å². The molecule has 7 heteroatoms. The van der Waals surface area contributed by atoms with Gasteiger partial charge in [-0.05, 0) is 43.5 Å². The maximum absolute atomic E-state index is 11.0. The van der Waals surface area contributed by atoms with Gasteiger partial charge in [-0.25, -0.2) is 13.6 Å². The molecule has 0 atom stereocenters. The van der Waals surface area contributed by atoms with Gasteiger partial charge in [-0.2, -0.15) is 11.8 Å². The number of rotatable bonds is 8. The summed E-state index contributed by atoms with van der Waals surface area (Å²) in [5.74, 6) is 1.75. The van der Waals surface area contributed by atoms with E-state index in [4.69, 9.17) is 9.56 Å². The van der Waals surface area contributed by atoms with Gasteiger partial charge in [0.2, 0.25) is 5.09 Å². The zero-order valence-electron chi connectivity index (χ0n) is 9.81. The highest BCUT2D eigenvalue weighted by molar-refractivity contribution is 7.98. The Morgan fingerprint density at radius 1 is 1.41 bits per heavy atom. The van der Waals surface area contributed by atoms with Crippen molar-refractivity contribution in [3.8, 4) is 0 Å². The highest BCUT2D eigenvalue weighted by atomic mass is 32.2. The molecule has 5 nitrogen and oxygen atoms in total. The number of sulfonamides is 1. The SMILES string of the molecule is CSCCCCNCc1ccc(S(N)(=O)=O)o1. The average Bonchev–Trinajstić information content (AvgIpc) is 2.71. The van der Waals surface area contributed by atoms with E-state index in [0.717, 1.165) is 18.7 Å². The summed E-state index contributed by atoms with van der Waals surface area (Å²) >= 11 is 1.84. The van der Waals surface area contributed by atoms with E-state index in [2.05, 4.69) is 11.6 Å². The maximum Gasteiger partial charge on any atom is 0.271 e. The topological polar surface area (TPSA) is 85.3 Å². The van der Waals surface area contributed by atoms with Gasteiger partial charge in [-0.3, -0.25) is 0 Å². The fourth-order valence-corrected chi connectivity index (χ4v) is 2.29. The quantitative estimate of drug-likeness (QED) is 0.697. The van der Waals surface area contributed by atoms with E-state index in [1.54, 1.807) is 6.07 Å². The molecular weight excluding hydrogens is 260 g/mol. The molecule has 0 spiro atoms. The van der Waals surface area contributed by atoms with Crippen molar-refractivity contribution in [1.29, 1.82) is 0 Å². The molecule has 0 aromatic carbocycles. The number of thioether (sulfide) groups is 1. The van der Waals surface area contributed by atoms with E-state index in [-0.39, 0.29) is 5.09 Å². The molecule has 0 bridgehead atoms. The summed E-state index contributed by atoms with van der Waals surface area (Å²) in [6.07, 6.45) is 4.36. The van der Waals surface area contributed by atoms with E-state index in [9.17, 15) is 8.42 Å². The zero-order valence-corrected chi connectivity index (χ0v) is 11.4. The second-order valence-electron chi connectivity index (χ2n) is 3.64. The van der Waals surface area contributed by atoms with Crippen LogP contribution in [0.2, 0.25) is 0 Å². The monoisotopic (exact) mass is 278 g/mol. The summed E-state index contributed by atoms with van der Waals surface area (Å²) < 4.78 is 27.0. The second-order valence-corrected chi connectivity index (χ2v) is 6.12. The van der Waals surface area contributed by atoms with Crippen molar-refractivity contribution in [2.45, 2.75) is 24.5 Å². The summed E-state index contributed by atoms with van der Waals surface area (Å²) in [6.45, 7) is 1.42. The zero-order chi connectivity index (χ0) is 12.7. The Kier molecular flexibility index (Phi) is 6.04. The van der Waals surface area contributed by atoms with E-state index in [1.807, 2.05) is 11.8 Å². The van der Waals surface area contributed by atoms with Crippen molar-refractivity contribution in [2.24, 2.45) is 5.14 Å². The van der Waals surface area contributed by atoms with Gasteiger partial charge in [0.1, 0.15) is 5.76 Å². The molecule has 1 heterocycles. The molecule has 1 aromatic rings. The van der Waals surface area contributed by atoms with E-state index < -0.39 is 10.0 Å². The van der Waals surface area contributed by atoms with Crippen LogP contribution >= 0.6 is 11.8 Å². The van der Waals surface area contributed by atoms with Crippen LogP contribution < -0.4 is 10.5 Å². The van der Waals surface area contributed by atoms with Gasteiger partial charge < -0.3 is 9.73 Å². The number of primary sulfonamides is 1. The Hall–Kier alpha value is -0.500. The normalized spacial score (nSPS) is 11.9. The first-order chi connectivity index (χ1) is 8.04. The van der Waals surface area contributed by atoms with Crippen LogP contribution in [0.5, 0.6) is 0 Å². The van der Waals surface area contributed by atoms with Crippen LogP contribution in [0.15, 0.2) is 21.6 Å². The number of nitrogens with two attached hydrogens (primary N) is 1. The molecule has 0 radical (unpaired) electrons. The Labute approximate surface area is 106 Å². The minimum atomic E-state index is -3.72. The molecule has 0 aliphatic heterocycles. The van der Waals surface area contributed by atoms with Gasteiger partial charge in [0.25, 0.3) is 10.0 Å². The molecular formula is C10H18N2O3S2. The molecule has 0 amide bonds. The standard InChI is InChI=1S/C10H18N2O3S2/c1-16-7-3-2-6-12-8-9-4-5-10(15-9)17(11,13)14/h4-5,12H,2-3,6-8H2,1H3,(H2,11,13,14). The smallest absolute Gasteiger partial charge is 0.271 e. The van der Waals surface area contributed by atoms with E-state index in [0.29, 0.717) is 12.3 Å². The molecule has 98 valence electrons. The molecule has 17 heavy (non-hydrogen) atoms. The minimum absolute atomic E-state index is 0.184. The summed E-state index contributed by atoms with van der Waals surface area (Å²) in [7, 11) is -3.72. The van der Waals surface area contributed by atoms with Crippen LogP contribution in [0.4, 0.5) is 0 Å². The van der Waals surface area contributed by atoms with Crippen LogP contribution in [0.1, 0.15) is 18.6 Å². The largest absolute Gasteiger partial charge is 0.447 e. The van der Waals surface area contributed by atoms with Crippen molar-refractivity contribution in [3.05, 3.63) is 17.9 Å². The van der Waals surface area contributed by atoms with Crippen molar-refractivity contribution in [2.75, 3.05) is 18.6 Å². The Morgan fingerprint density at radius 2 is 2.18 bits per heavy atom. The number of hydrogen-bond acceptors (Lipinski definition) is 5. The van der Waals surface area contributed by atoms with Gasteiger partial charge in [-0.1, -0.05) is 0 Å². The van der Waals surface area contributed by atoms with Gasteiger partial charge in [0, 0.05) is 0 Å². The lowest BCUT2D eigenvalue weighted by Gasteiger charge is -2.01. The van der Waals surface area contributed by atoms with Gasteiger partial charge in [0.15, 0.2) is 0 Å². The van der Waals surface area contributed by atoms with Gasteiger partial charge >= 0.3 is 0 Å². The summed E-state index contributed by atoms with van der Waals surface area (Å²) in [5, 5.41) is 7.94. The number of nitrogens with one attached hydrogen (secondary N) is 1. The maximum atomic E-state index is 11.0. The lowest BCUT2D eigenvalue weighted by molar-refractivity contribution is 0.402. The first-order valence-corrected chi connectivity index (χ1v) is 8.29. The first-order valence-electron chi connectivity index (χ1n) is 5.35. The van der Waals surface area contributed by atoms with Crippen LogP contribution in [-0.2, 0) is 16.6 Å². The Morgan fingerprint density at radius 3 is 2.76 bits per heavy atom. The van der Waals surface area contributed by atoms with Crippen LogP contribution in [0.25, 0.3) is 0 Å². The minimum Gasteiger partial charge on any atom is -0.447 e. The third-order valence-corrected chi connectivity index (χ3v) is 3.65. The highest BCUT2D eigenvalue weighted by Crippen LogP contribution is 2.11. The van der Waals surface area contributed by atoms with Crippen LogP contribution in [0.3, 0.4) is 0 Å². The highest BCUT2D eigenvalue weighted by Gasteiger charge is 2.12. The summed E-state index contributed by atoms with van der Waals surface area (Å²) in [5.41, 5.74) is 0. The fraction of sp³-hybridized carbons (Fsp3) is 0.600. The number of furan rings is 1. The molecule has 0 saturated heterocycles. The summed E-state index contributed by atoms with van der Waals surface area (Å²) in [4.78, 5) is 0. The fourth-order valence-electron chi connectivity index (χ4n) is 1.31. The van der Waals surface area contributed by atoms with Crippen molar-refractivity contribution in [1.82, 2.24) is 5.32 Å². The van der Waals surface area contributed by atoms with Crippen molar-refractivity contribution >= 4 is 21.8 Å². The van der Waals surface area contributed by atoms with Gasteiger partial charge in [-0.15, -0.1) is 0 Å². The average molecular weight is 278 g/mol. The van der Waals surface area contributed by atoms with Crippen LogP contribution in [0, 0.1) is 0 Å². The number of hydrogen-bond donors (Lipinski definition) is 2. The first kappa shape index (κ1) is 14.6. The van der Waals surface area contributed by atoms with E-state index >= 15 is 0 Å². The Balaban J connectivity index is 2.26. The Bertz CT molecular complexity index is 429. The molecule has 1 rings (SSSR count). The predicted octanol–water partition coefficient (Wildman–Crippen LogP) is 1.16. The predicted molar refractivity (Wildman–Crippen MR) is 69.4 cm³/mol. The third kappa shape index (κ3) is 5.58. The molecule has 0 aliphatic rings. The molecule has 3 N–H and O–H groups in total.